The number of piperidine rings is 1. The molecule has 0 aromatic carbocycles. The van der Waals surface area contributed by atoms with Crippen LogP contribution in [-0.4, -0.2) is 49.2 Å². The highest BCUT2D eigenvalue weighted by Gasteiger charge is 2.34. The molecule has 0 aromatic heterocycles. The molecule has 2 fully saturated rings. The van der Waals surface area contributed by atoms with Crippen LogP contribution in [0.15, 0.2) is 0 Å². The van der Waals surface area contributed by atoms with E-state index in [0.29, 0.717) is 6.04 Å². The van der Waals surface area contributed by atoms with Crippen LogP contribution in [0.25, 0.3) is 0 Å². The first-order chi connectivity index (χ1) is 8.72. The van der Waals surface area contributed by atoms with Crippen molar-refractivity contribution in [3.63, 3.8) is 0 Å². The zero-order valence-corrected chi connectivity index (χ0v) is 11.7. The zero-order chi connectivity index (χ0) is 13.0. The van der Waals surface area contributed by atoms with E-state index in [1.54, 1.807) is 0 Å². The Bertz CT molecular complexity index is 277. The molecule has 104 valence electrons. The highest BCUT2D eigenvalue weighted by Crippen LogP contribution is 2.23. The minimum absolute atomic E-state index is 0.0774. The first kappa shape index (κ1) is 13.8. The van der Waals surface area contributed by atoms with Crippen molar-refractivity contribution in [3.8, 4) is 0 Å². The van der Waals surface area contributed by atoms with Crippen LogP contribution in [0.4, 0.5) is 0 Å². The molecule has 2 heterocycles. The monoisotopic (exact) mass is 254 g/mol. The van der Waals surface area contributed by atoms with Crippen LogP contribution in [0.2, 0.25) is 0 Å². The molecule has 3 unspecified atom stereocenters. The SMILES string of the molecule is CCN(CC1CCCCN1)C(=O)C1CCOC1C. The number of carbonyl (C=O) groups is 1. The fourth-order valence-corrected chi connectivity index (χ4v) is 3.01. The molecular weight excluding hydrogens is 228 g/mol. The van der Waals surface area contributed by atoms with Gasteiger partial charge in [0, 0.05) is 25.7 Å². The highest BCUT2D eigenvalue weighted by atomic mass is 16.5. The number of ether oxygens (including phenoxy) is 1. The summed E-state index contributed by atoms with van der Waals surface area (Å²) in [5.41, 5.74) is 0. The van der Waals surface area contributed by atoms with Gasteiger partial charge in [-0.15, -0.1) is 0 Å². The molecule has 0 aromatic rings. The van der Waals surface area contributed by atoms with E-state index in [-0.39, 0.29) is 17.9 Å². The summed E-state index contributed by atoms with van der Waals surface area (Å²) in [6.07, 6.45) is 4.72. The number of amides is 1. The largest absolute Gasteiger partial charge is 0.378 e. The van der Waals surface area contributed by atoms with Crippen LogP contribution in [0.1, 0.15) is 39.5 Å². The van der Waals surface area contributed by atoms with E-state index in [9.17, 15) is 4.79 Å². The number of carbonyl (C=O) groups excluding carboxylic acids is 1. The van der Waals surface area contributed by atoms with Crippen molar-refractivity contribution in [1.29, 1.82) is 0 Å². The number of nitrogens with zero attached hydrogens (tertiary/aromatic N) is 1. The van der Waals surface area contributed by atoms with Gasteiger partial charge in [0.15, 0.2) is 0 Å². The molecule has 1 amide bonds. The first-order valence-corrected chi connectivity index (χ1v) is 7.36. The maximum Gasteiger partial charge on any atom is 0.228 e. The Labute approximate surface area is 110 Å². The van der Waals surface area contributed by atoms with E-state index in [2.05, 4.69) is 12.2 Å². The number of hydrogen-bond acceptors (Lipinski definition) is 3. The third-order valence-corrected chi connectivity index (χ3v) is 4.24. The Kier molecular flexibility index (Phi) is 5.01. The summed E-state index contributed by atoms with van der Waals surface area (Å²) >= 11 is 0. The van der Waals surface area contributed by atoms with Crippen LogP contribution >= 0.6 is 0 Å². The standard InChI is InChI=1S/C14H26N2O2/c1-3-16(10-12-6-4-5-8-15-12)14(17)13-7-9-18-11(13)2/h11-13,15H,3-10H2,1-2H3. The van der Waals surface area contributed by atoms with Crippen molar-refractivity contribution in [3.05, 3.63) is 0 Å². The van der Waals surface area contributed by atoms with Crippen molar-refractivity contribution < 1.29 is 9.53 Å². The topological polar surface area (TPSA) is 41.6 Å². The molecule has 2 aliphatic rings. The Balaban J connectivity index is 1.88. The average Bonchev–Trinajstić information content (AvgIpc) is 2.82. The van der Waals surface area contributed by atoms with Gasteiger partial charge < -0.3 is 15.0 Å². The van der Waals surface area contributed by atoms with Gasteiger partial charge in [-0.25, -0.2) is 0 Å². The lowest BCUT2D eigenvalue weighted by Gasteiger charge is -2.32. The van der Waals surface area contributed by atoms with E-state index in [0.717, 1.165) is 32.7 Å². The molecule has 0 bridgehead atoms. The minimum Gasteiger partial charge on any atom is -0.378 e. The van der Waals surface area contributed by atoms with E-state index in [1.165, 1.54) is 19.3 Å². The van der Waals surface area contributed by atoms with E-state index in [1.807, 2.05) is 11.8 Å². The zero-order valence-electron chi connectivity index (χ0n) is 11.7. The summed E-state index contributed by atoms with van der Waals surface area (Å²) < 4.78 is 5.51. The number of likely N-dealkylation sites (N-methyl/N-ethyl adjacent to an activating group) is 1. The van der Waals surface area contributed by atoms with E-state index >= 15 is 0 Å². The maximum atomic E-state index is 12.5. The normalized spacial score (nSPS) is 32.4. The summed E-state index contributed by atoms with van der Waals surface area (Å²) in [6.45, 7) is 7.58. The number of hydrogen-bond donors (Lipinski definition) is 1. The fraction of sp³-hybridized carbons (Fsp3) is 0.929. The lowest BCUT2D eigenvalue weighted by atomic mass is 9.99. The molecule has 0 spiro atoms. The molecule has 2 aliphatic heterocycles. The lowest BCUT2D eigenvalue weighted by Crippen LogP contribution is -2.48. The van der Waals surface area contributed by atoms with Crippen molar-refractivity contribution >= 4 is 5.91 Å². The smallest absolute Gasteiger partial charge is 0.228 e. The Hall–Kier alpha value is -0.610. The van der Waals surface area contributed by atoms with Crippen LogP contribution in [-0.2, 0) is 9.53 Å². The molecule has 1 N–H and O–H groups in total. The van der Waals surface area contributed by atoms with Gasteiger partial charge in [-0.2, -0.15) is 0 Å². The minimum atomic E-state index is 0.0774. The second kappa shape index (κ2) is 6.53. The molecule has 3 atom stereocenters. The summed E-state index contributed by atoms with van der Waals surface area (Å²) in [5, 5.41) is 3.52. The molecule has 0 aliphatic carbocycles. The summed E-state index contributed by atoms with van der Waals surface area (Å²) in [4.78, 5) is 14.5. The van der Waals surface area contributed by atoms with Crippen LogP contribution in [0.3, 0.4) is 0 Å². The molecule has 0 saturated carbocycles. The second-order valence-corrected chi connectivity index (χ2v) is 5.49. The number of nitrogens with one attached hydrogen (secondary N) is 1. The third kappa shape index (κ3) is 3.23. The average molecular weight is 254 g/mol. The van der Waals surface area contributed by atoms with Crippen molar-refractivity contribution in [2.45, 2.75) is 51.7 Å². The predicted octanol–water partition coefficient (Wildman–Crippen LogP) is 1.40. The quantitative estimate of drug-likeness (QED) is 0.824. The van der Waals surface area contributed by atoms with Gasteiger partial charge >= 0.3 is 0 Å². The third-order valence-electron chi connectivity index (χ3n) is 4.24. The molecule has 2 saturated heterocycles. The second-order valence-electron chi connectivity index (χ2n) is 5.49. The Morgan fingerprint density at radius 2 is 2.22 bits per heavy atom. The Morgan fingerprint density at radius 1 is 1.39 bits per heavy atom. The van der Waals surface area contributed by atoms with Crippen LogP contribution in [0, 0.1) is 5.92 Å². The lowest BCUT2D eigenvalue weighted by molar-refractivity contribution is -0.137. The molecule has 4 heteroatoms. The molecule has 0 radical (unpaired) electrons. The van der Waals surface area contributed by atoms with Gasteiger partial charge in [0.1, 0.15) is 0 Å². The van der Waals surface area contributed by atoms with Gasteiger partial charge in [0.2, 0.25) is 5.91 Å². The van der Waals surface area contributed by atoms with Crippen molar-refractivity contribution in [2.24, 2.45) is 5.92 Å². The summed E-state index contributed by atoms with van der Waals surface area (Å²) in [5.74, 6) is 0.364. The number of rotatable bonds is 4. The van der Waals surface area contributed by atoms with Crippen molar-refractivity contribution in [2.75, 3.05) is 26.2 Å². The van der Waals surface area contributed by atoms with Crippen LogP contribution in [0.5, 0.6) is 0 Å². The van der Waals surface area contributed by atoms with Gasteiger partial charge in [-0.05, 0) is 39.7 Å². The predicted molar refractivity (Wildman–Crippen MR) is 71.4 cm³/mol. The maximum absolute atomic E-state index is 12.5. The van der Waals surface area contributed by atoms with Gasteiger partial charge in [0.25, 0.3) is 0 Å². The van der Waals surface area contributed by atoms with Crippen molar-refractivity contribution in [1.82, 2.24) is 10.2 Å². The van der Waals surface area contributed by atoms with Gasteiger partial charge in [-0.3, -0.25) is 4.79 Å². The molecule has 4 nitrogen and oxygen atoms in total. The van der Waals surface area contributed by atoms with E-state index < -0.39 is 0 Å². The molecule has 18 heavy (non-hydrogen) atoms. The van der Waals surface area contributed by atoms with Gasteiger partial charge in [-0.1, -0.05) is 6.42 Å². The summed E-state index contributed by atoms with van der Waals surface area (Å²) in [6, 6.07) is 0.486. The van der Waals surface area contributed by atoms with E-state index in [4.69, 9.17) is 4.74 Å². The molecule has 2 rings (SSSR count). The molecular formula is C14H26N2O2. The Morgan fingerprint density at radius 3 is 2.78 bits per heavy atom. The first-order valence-electron chi connectivity index (χ1n) is 7.36. The van der Waals surface area contributed by atoms with Gasteiger partial charge in [0.05, 0.1) is 12.0 Å². The fourth-order valence-electron chi connectivity index (χ4n) is 3.01. The summed E-state index contributed by atoms with van der Waals surface area (Å²) in [7, 11) is 0. The highest BCUT2D eigenvalue weighted by molar-refractivity contribution is 5.79. The van der Waals surface area contributed by atoms with Crippen LogP contribution < -0.4 is 5.32 Å².